The monoisotopic (exact) mass is 272 g/mol. The maximum absolute atomic E-state index is 11.0. The lowest BCUT2D eigenvalue weighted by molar-refractivity contribution is -0.134. The standard InChI is InChI=1S/C16H13ClO2/c1-19-16(18)11-4-12-2-5-13(6-3-12)14-7-9-15(17)10-8-14/h2-11H,1H3. The lowest BCUT2D eigenvalue weighted by atomic mass is 10.0. The van der Waals surface area contributed by atoms with Crippen molar-refractivity contribution in [3.8, 4) is 11.1 Å². The van der Waals surface area contributed by atoms with Crippen LogP contribution in [0.25, 0.3) is 17.2 Å². The van der Waals surface area contributed by atoms with Gasteiger partial charge in [0.05, 0.1) is 7.11 Å². The molecular formula is C16H13ClO2. The summed E-state index contributed by atoms with van der Waals surface area (Å²) in [6, 6.07) is 15.6. The molecule has 0 aliphatic carbocycles. The molecular weight excluding hydrogens is 260 g/mol. The number of hydrogen-bond donors (Lipinski definition) is 0. The van der Waals surface area contributed by atoms with Gasteiger partial charge in [0.1, 0.15) is 0 Å². The van der Waals surface area contributed by atoms with E-state index >= 15 is 0 Å². The molecule has 0 atom stereocenters. The van der Waals surface area contributed by atoms with Crippen LogP contribution in [0.2, 0.25) is 5.02 Å². The van der Waals surface area contributed by atoms with Crippen LogP contribution >= 0.6 is 11.6 Å². The Morgan fingerprint density at radius 2 is 1.53 bits per heavy atom. The summed E-state index contributed by atoms with van der Waals surface area (Å²) in [6.45, 7) is 0. The lowest BCUT2D eigenvalue weighted by Gasteiger charge is -2.02. The number of hydrogen-bond acceptors (Lipinski definition) is 2. The second kappa shape index (κ2) is 6.21. The van der Waals surface area contributed by atoms with Crippen molar-refractivity contribution in [2.24, 2.45) is 0 Å². The van der Waals surface area contributed by atoms with Gasteiger partial charge in [-0.25, -0.2) is 4.79 Å². The van der Waals surface area contributed by atoms with Crippen LogP contribution < -0.4 is 0 Å². The number of ether oxygens (including phenoxy) is 1. The van der Waals surface area contributed by atoms with Gasteiger partial charge in [-0.15, -0.1) is 0 Å². The summed E-state index contributed by atoms with van der Waals surface area (Å²) >= 11 is 5.86. The van der Waals surface area contributed by atoms with E-state index in [1.807, 2.05) is 48.5 Å². The van der Waals surface area contributed by atoms with Gasteiger partial charge in [-0.05, 0) is 34.9 Å². The number of esters is 1. The molecule has 96 valence electrons. The van der Waals surface area contributed by atoms with E-state index in [9.17, 15) is 4.79 Å². The Bertz CT molecular complexity index is 583. The van der Waals surface area contributed by atoms with Gasteiger partial charge >= 0.3 is 5.97 Å². The van der Waals surface area contributed by atoms with Crippen molar-refractivity contribution in [3.63, 3.8) is 0 Å². The van der Waals surface area contributed by atoms with E-state index in [2.05, 4.69) is 4.74 Å². The van der Waals surface area contributed by atoms with Crippen LogP contribution in [0.5, 0.6) is 0 Å². The SMILES string of the molecule is COC(=O)C=Cc1ccc(-c2ccc(Cl)cc2)cc1. The predicted octanol–water partition coefficient (Wildman–Crippen LogP) is 4.19. The molecule has 0 radical (unpaired) electrons. The molecule has 0 aliphatic heterocycles. The van der Waals surface area contributed by atoms with Crippen molar-refractivity contribution >= 4 is 23.6 Å². The maximum Gasteiger partial charge on any atom is 0.330 e. The van der Waals surface area contributed by atoms with Crippen molar-refractivity contribution in [2.45, 2.75) is 0 Å². The Morgan fingerprint density at radius 1 is 1.00 bits per heavy atom. The number of benzene rings is 2. The van der Waals surface area contributed by atoms with E-state index in [0.717, 1.165) is 21.7 Å². The van der Waals surface area contributed by atoms with Crippen LogP contribution in [0, 0.1) is 0 Å². The molecule has 0 spiro atoms. The van der Waals surface area contributed by atoms with Crippen LogP contribution in [0.4, 0.5) is 0 Å². The molecule has 0 amide bonds. The quantitative estimate of drug-likeness (QED) is 0.618. The molecule has 0 N–H and O–H groups in total. The topological polar surface area (TPSA) is 26.3 Å². The Kier molecular flexibility index (Phi) is 4.37. The molecule has 3 heteroatoms. The maximum atomic E-state index is 11.0. The molecule has 2 aromatic carbocycles. The molecule has 0 aromatic heterocycles. The molecule has 0 saturated carbocycles. The van der Waals surface area contributed by atoms with Crippen LogP contribution in [-0.4, -0.2) is 13.1 Å². The summed E-state index contributed by atoms with van der Waals surface area (Å²) in [5.41, 5.74) is 3.16. The average Bonchev–Trinajstić information content (AvgIpc) is 2.46. The Morgan fingerprint density at radius 3 is 2.05 bits per heavy atom. The van der Waals surface area contributed by atoms with Gasteiger partial charge in [-0.2, -0.15) is 0 Å². The fraction of sp³-hybridized carbons (Fsp3) is 0.0625. The van der Waals surface area contributed by atoms with E-state index in [4.69, 9.17) is 11.6 Å². The van der Waals surface area contributed by atoms with Crippen molar-refractivity contribution < 1.29 is 9.53 Å². The third-order valence-electron chi connectivity index (χ3n) is 2.70. The van der Waals surface area contributed by atoms with Crippen molar-refractivity contribution in [2.75, 3.05) is 7.11 Å². The number of rotatable bonds is 3. The number of methoxy groups -OCH3 is 1. The minimum absolute atomic E-state index is 0.359. The summed E-state index contributed by atoms with van der Waals surface area (Å²) in [4.78, 5) is 11.0. The third-order valence-corrected chi connectivity index (χ3v) is 2.95. The van der Waals surface area contributed by atoms with Crippen LogP contribution in [0.1, 0.15) is 5.56 Å². The first kappa shape index (κ1) is 13.4. The second-order valence-corrected chi connectivity index (χ2v) is 4.42. The van der Waals surface area contributed by atoms with E-state index in [-0.39, 0.29) is 5.97 Å². The van der Waals surface area contributed by atoms with Crippen molar-refractivity contribution in [3.05, 3.63) is 65.2 Å². The summed E-state index contributed by atoms with van der Waals surface area (Å²) in [5, 5.41) is 0.724. The highest BCUT2D eigenvalue weighted by atomic mass is 35.5. The van der Waals surface area contributed by atoms with Gasteiger partial charge in [0.25, 0.3) is 0 Å². The van der Waals surface area contributed by atoms with E-state index in [1.165, 1.54) is 13.2 Å². The van der Waals surface area contributed by atoms with Gasteiger partial charge in [0, 0.05) is 11.1 Å². The molecule has 0 aliphatic rings. The van der Waals surface area contributed by atoms with Gasteiger partial charge in [-0.3, -0.25) is 0 Å². The summed E-state index contributed by atoms with van der Waals surface area (Å²) in [7, 11) is 1.36. The summed E-state index contributed by atoms with van der Waals surface area (Å²) in [5.74, 6) is -0.359. The minimum Gasteiger partial charge on any atom is -0.466 e. The Labute approximate surface area is 117 Å². The third kappa shape index (κ3) is 3.70. The van der Waals surface area contributed by atoms with E-state index in [1.54, 1.807) is 6.08 Å². The fourth-order valence-corrected chi connectivity index (χ4v) is 1.79. The van der Waals surface area contributed by atoms with Gasteiger partial charge < -0.3 is 4.74 Å². The highest BCUT2D eigenvalue weighted by Gasteiger charge is 1.98. The van der Waals surface area contributed by atoms with E-state index < -0.39 is 0 Å². The highest BCUT2D eigenvalue weighted by molar-refractivity contribution is 6.30. The first-order valence-electron chi connectivity index (χ1n) is 5.81. The molecule has 0 saturated heterocycles. The number of carbonyl (C=O) groups is 1. The number of halogens is 1. The molecule has 0 unspecified atom stereocenters. The van der Waals surface area contributed by atoms with Gasteiger partial charge in [0.15, 0.2) is 0 Å². The van der Waals surface area contributed by atoms with Crippen molar-refractivity contribution in [1.82, 2.24) is 0 Å². The zero-order chi connectivity index (χ0) is 13.7. The van der Waals surface area contributed by atoms with Crippen LogP contribution in [-0.2, 0) is 9.53 Å². The zero-order valence-electron chi connectivity index (χ0n) is 10.5. The van der Waals surface area contributed by atoms with Gasteiger partial charge in [-0.1, -0.05) is 48.0 Å². The second-order valence-electron chi connectivity index (χ2n) is 3.99. The molecule has 2 aromatic rings. The Balaban J connectivity index is 2.16. The summed E-state index contributed by atoms with van der Waals surface area (Å²) in [6.07, 6.45) is 3.12. The predicted molar refractivity (Wildman–Crippen MR) is 77.9 cm³/mol. The molecule has 2 nitrogen and oxygen atoms in total. The molecule has 19 heavy (non-hydrogen) atoms. The largest absolute Gasteiger partial charge is 0.466 e. The summed E-state index contributed by atoms with van der Waals surface area (Å²) < 4.78 is 4.54. The normalized spacial score (nSPS) is 10.6. The molecule has 0 bridgehead atoms. The van der Waals surface area contributed by atoms with Crippen molar-refractivity contribution in [1.29, 1.82) is 0 Å². The molecule has 0 fully saturated rings. The smallest absolute Gasteiger partial charge is 0.330 e. The van der Waals surface area contributed by atoms with Crippen LogP contribution in [0.15, 0.2) is 54.6 Å². The average molecular weight is 273 g/mol. The highest BCUT2D eigenvalue weighted by Crippen LogP contribution is 2.22. The Hall–Kier alpha value is -2.06. The molecule has 2 rings (SSSR count). The minimum atomic E-state index is -0.359. The zero-order valence-corrected chi connectivity index (χ0v) is 11.2. The first-order valence-corrected chi connectivity index (χ1v) is 6.19. The fourth-order valence-electron chi connectivity index (χ4n) is 1.66. The lowest BCUT2D eigenvalue weighted by Crippen LogP contribution is -1.93. The molecule has 0 heterocycles. The van der Waals surface area contributed by atoms with Crippen LogP contribution in [0.3, 0.4) is 0 Å². The van der Waals surface area contributed by atoms with Gasteiger partial charge in [0.2, 0.25) is 0 Å². The number of carbonyl (C=O) groups excluding carboxylic acids is 1. The first-order chi connectivity index (χ1) is 9.19. The van der Waals surface area contributed by atoms with E-state index in [0.29, 0.717) is 0 Å².